The lowest BCUT2D eigenvalue weighted by molar-refractivity contribution is 0.0548. The van der Waals surface area contributed by atoms with Gasteiger partial charge in [-0.15, -0.1) is 0 Å². The van der Waals surface area contributed by atoms with Gasteiger partial charge < -0.3 is 10.1 Å². The predicted molar refractivity (Wildman–Crippen MR) is 86.4 cm³/mol. The van der Waals surface area contributed by atoms with E-state index in [1.807, 2.05) is 0 Å². The third-order valence-electron chi connectivity index (χ3n) is 4.80. The maximum atomic E-state index is 5.90. The Labute approximate surface area is 128 Å². The molecule has 21 heavy (non-hydrogen) atoms. The third-order valence-corrected chi connectivity index (χ3v) is 4.80. The molecule has 2 aliphatic rings. The Balaban J connectivity index is 1.55. The molecule has 0 bridgehead atoms. The van der Waals surface area contributed by atoms with Crippen molar-refractivity contribution in [3.8, 4) is 0 Å². The summed E-state index contributed by atoms with van der Waals surface area (Å²) in [7, 11) is 0. The summed E-state index contributed by atoms with van der Waals surface area (Å²) in [4.78, 5) is 2.63. The largest absolute Gasteiger partial charge is 0.374 e. The summed E-state index contributed by atoms with van der Waals surface area (Å²) in [5.41, 5.74) is 1.44. The van der Waals surface area contributed by atoms with Crippen molar-refractivity contribution in [2.75, 3.05) is 26.2 Å². The van der Waals surface area contributed by atoms with Gasteiger partial charge in [0, 0.05) is 19.1 Å². The van der Waals surface area contributed by atoms with E-state index in [2.05, 4.69) is 47.5 Å². The van der Waals surface area contributed by atoms with Crippen LogP contribution in [-0.2, 0) is 4.74 Å². The van der Waals surface area contributed by atoms with Gasteiger partial charge in [0.1, 0.15) is 0 Å². The lowest BCUT2D eigenvalue weighted by Crippen LogP contribution is -2.37. The van der Waals surface area contributed by atoms with Crippen molar-refractivity contribution in [1.29, 1.82) is 0 Å². The average Bonchev–Trinajstić information content (AvgIpc) is 3.16. The van der Waals surface area contributed by atoms with Gasteiger partial charge in [0.2, 0.25) is 0 Å². The molecule has 0 aromatic heterocycles. The number of benzene rings is 1. The predicted octanol–water partition coefficient (Wildman–Crippen LogP) is 2.98. The number of ether oxygens (including phenoxy) is 1. The minimum Gasteiger partial charge on any atom is -0.374 e. The van der Waals surface area contributed by atoms with Gasteiger partial charge in [-0.25, -0.2) is 0 Å². The van der Waals surface area contributed by atoms with Crippen molar-refractivity contribution >= 4 is 0 Å². The molecule has 0 aliphatic carbocycles. The summed E-state index contributed by atoms with van der Waals surface area (Å²) >= 11 is 0. The fourth-order valence-electron chi connectivity index (χ4n) is 3.60. The number of likely N-dealkylation sites (tertiary alicyclic amines) is 1. The summed E-state index contributed by atoms with van der Waals surface area (Å²) < 4.78 is 5.90. The molecule has 2 aliphatic heterocycles. The quantitative estimate of drug-likeness (QED) is 0.871. The van der Waals surface area contributed by atoms with Gasteiger partial charge in [0.15, 0.2) is 0 Å². The van der Waals surface area contributed by atoms with E-state index in [-0.39, 0.29) is 0 Å². The van der Waals surface area contributed by atoms with E-state index in [9.17, 15) is 0 Å². The Hall–Kier alpha value is -0.900. The van der Waals surface area contributed by atoms with Crippen LogP contribution in [0.25, 0.3) is 0 Å². The van der Waals surface area contributed by atoms with Gasteiger partial charge in [-0.3, -0.25) is 4.90 Å². The van der Waals surface area contributed by atoms with Gasteiger partial charge in [-0.1, -0.05) is 30.3 Å². The Morgan fingerprint density at radius 3 is 2.62 bits per heavy atom. The van der Waals surface area contributed by atoms with Crippen LogP contribution in [0.3, 0.4) is 0 Å². The summed E-state index contributed by atoms with van der Waals surface area (Å²) in [5, 5.41) is 3.66. The summed E-state index contributed by atoms with van der Waals surface area (Å²) in [6.45, 7) is 6.66. The first kappa shape index (κ1) is 15.0. The molecule has 2 saturated heterocycles. The van der Waals surface area contributed by atoms with Crippen molar-refractivity contribution < 1.29 is 4.74 Å². The normalized spacial score (nSPS) is 28.0. The smallest absolute Gasteiger partial charge is 0.0704 e. The van der Waals surface area contributed by atoms with Crippen molar-refractivity contribution in [2.45, 2.75) is 50.9 Å². The highest BCUT2D eigenvalue weighted by Crippen LogP contribution is 2.24. The zero-order valence-corrected chi connectivity index (χ0v) is 13.1. The fourth-order valence-corrected chi connectivity index (χ4v) is 3.60. The van der Waals surface area contributed by atoms with Crippen molar-refractivity contribution in [3.05, 3.63) is 35.9 Å². The highest BCUT2D eigenvalue weighted by molar-refractivity contribution is 5.19. The lowest BCUT2D eigenvalue weighted by atomic mass is 10.1. The summed E-state index contributed by atoms with van der Waals surface area (Å²) in [5.74, 6) is 0. The molecule has 3 nitrogen and oxygen atoms in total. The van der Waals surface area contributed by atoms with E-state index in [1.165, 1.54) is 44.3 Å². The molecule has 1 N–H and O–H groups in total. The Bertz CT molecular complexity index is 416. The molecule has 0 amide bonds. The highest BCUT2D eigenvalue weighted by Gasteiger charge is 2.25. The van der Waals surface area contributed by atoms with E-state index < -0.39 is 0 Å². The van der Waals surface area contributed by atoms with Crippen LogP contribution in [0.4, 0.5) is 0 Å². The van der Waals surface area contributed by atoms with Crippen LogP contribution in [0.5, 0.6) is 0 Å². The van der Waals surface area contributed by atoms with Crippen LogP contribution in [0.1, 0.15) is 44.2 Å². The van der Waals surface area contributed by atoms with E-state index in [1.54, 1.807) is 0 Å². The molecular formula is C18H28N2O. The van der Waals surface area contributed by atoms with Crippen molar-refractivity contribution in [3.63, 3.8) is 0 Å². The second kappa shape index (κ2) is 7.39. The van der Waals surface area contributed by atoms with Crippen molar-refractivity contribution in [1.82, 2.24) is 10.2 Å². The SMILES string of the molecule is CC1CCC(CNCC(c2ccccc2)N2CCCC2)O1. The van der Waals surface area contributed by atoms with E-state index >= 15 is 0 Å². The molecule has 0 radical (unpaired) electrons. The molecule has 1 aromatic carbocycles. The number of hydrogen-bond acceptors (Lipinski definition) is 3. The molecule has 3 heteroatoms. The van der Waals surface area contributed by atoms with Crippen molar-refractivity contribution in [2.24, 2.45) is 0 Å². The fraction of sp³-hybridized carbons (Fsp3) is 0.667. The monoisotopic (exact) mass is 288 g/mol. The first-order chi connectivity index (χ1) is 10.3. The van der Waals surface area contributed by atoms with Crippen LogP contribution >= 0.6 is 0 Å². The molecule has 1 aromatic rings. The van der Waals surface area contributed by atoms with Gasteiger partial charge >= 0.3 is 0 Å². The van der Waals surface area contributed by atoms with Crippen LogP contribution in [0, 0.1) is 0 Å². The van der Waals surface area contributed by atoms with Crippen LogP contribution in [-0.4, -0.2) is 43.3 Å². The molecule has 3 rings (SSSR count). The first-order valence-electron chi connectivity index (χ1n) is 8.48. The Morgan fingerprint density at radius 2 is 1.95 bits per heavy atom. The number of nitrogens with one attached hydrogen (secondary N) is 1. The first-order valence-corrected chi connectivity index (χ1v) is 8.48. The van der Waals surface area contributed by atoms with Gasteiger partial charge in [0.25, 0.3) is 0 Å². The van der Waals surface area contributed by atoms with E-state index in [0.29, 0.717) is 18.2 Å². The van der Waals surface area contributed by atoms with Crippen LogP contribution < -0.4 is 5.32 Å². The molecule has 0 saturated carbocycles. The standard InChI is InChI=1S/C18H28N2O/c1-15-9-10-17(21-15)13-19-14-18(20-11-5-6-12-20)16-7-3-2-4-8-16/h2-4,7-8,15,17-19H,5-6,9-14H2,1H3. The maximum Gasteiger partial charge on any atom is 0.0704 e. The molecule has 3 atom stereocenters. The number of nitrogens with zero attached hydrogens (tertiary/aromatic N) is 1. The second-order valence-corrected chi connectivity index (χ2v) is 6.47. The third kappa shape index (κ3) is 4.06. The molecule has 3 unspecified atom stereocenters. The summed E-state index contributed by atoms with van der Waals surface area (Å²) in [6, 6.07) is 11.4. The van der Waals surface area contributed by atoms with Crippen LogP contribution in [0.15, 0.2) is 30.3 Å². The van der Waals surface area contributed by atoms with Gasteiger partial charge in [-0.05, 0) is 51.3 Å². The molecule has 116 valence electrons. The molecule has 0 spiro atoms. The lowest BCUT2D eigenvalue weighted by Gasteiger charge is -2.28. The minimum absolute atomic E-state index is 0.412. The van der Waals surface area contributed by atoms with E-state index in [0.717, 1.165) is 13.1 Å². The number of rotatable bonds is 6. The second-order valence-electron chi connectivity index (χ2n) is 6.47. The average molecular weight is 288 g/mol. The molecule has 2 fully saturated rings. The van der Waals surface area contributed by atoms with Crippen LogP contribution in [0.2, 0.25) is 0 Å². The Morgan fingerprint density at radius 1 is 1.19 bits per heavy atom. The zero-order valence-electron chi connectivity index (χ0n) is 13.1. The highest BCUT2D eigenvalue weighted by atomic mass is 16.5. The van der Waals surface area contributed by atoms with E-state index in [4.69, 9.17) is 4.74 Å². The number of hydrogen-bond donors (Lipinski definition) is 1. The molecule has 2 heterocycles. The van der Waals surface area contributed by atoms with Gasteiger partial charge in [-0.2, -0.15) is 0 Å². The maximum absolute atomic E-state index is 5.90. The zero-order chi connectivity index (χ0) is 14.5. The Kier molecular flexibility index (Phi) is 5.28. The van der Waals surface area contributed by atoms with Gasteiger partial charge in [0.05, 0.1) is 12.2 Å². The minimum atomic E-state index is 0.412. The molecular weight excluding hydrogens is 260 g/mol. The summed E-state index contributed by atoms with van der Waals surface area (Å²) in [6.07, 6.45) is 5.95. The topological polar surface area (TPSA) is 24.5 Å².